The number of aliphatic hydroxyl groups is 1. The zero-order valence-electron chi connectivity index (χ0n) is 9.61. The van der Waals surface area contributed by atoms with Gasteiger partial charge in [-0.05, 0) is 23.8 Å². The Bertz CT molecular complexity index is 545. The van der Waals surface area contributed by atoms with Crippen LogP contribution in [0.4, 0.5) is 0 Å². The summed E-state index contributed by atoms with van der Waals surface area (Å²) in [5, 5.41) is 10.2. The van der Waals surface area contributed by atoms with Crippen LogP contribution in [0.3, 0.4) is 0 Å². The molecule has 2 heterocycles. The number of hydrogen-bond donors (Lipinski definition) is 1. The molecule has 2 aromatic rings. The number of rotatable bonds is 2. The molecule has 1 atom stereocenters. The van der Waals surface area contributed by atoms with Crippen molar-refractivity contribution in [1.29, 1.82) is 0 Å². The van der Waals surface area contributed by atoms with Crippen LogP contribution >= 0.6 is 0 Å². The van der Waals surface area contributed by atoms with Crippen LogP contribution in [0.1, 0.15) is 17.4 Å². The molecule has 1 aliphatic rings. The topological polar surface area (TPSA) is 64.5 Å². The molecular weight excluding hydrogens is 232 g/mol. The summed E-state index contributed by atoms with van der Waals surface area (Å²) in [6.45, 7) is 1.08. The Kier molecular flexibility index (Phi) is 2.82. The summed E-state index contributed by atoms with van der Waals surface area (Å²) in [5.41, 5.74) is 1.28. The molecule has 18 heavy (non-hydrogen) atoms. The molecule has 5 heteroatoms. The van der Waals surface area contributed by atoms with E-state index in [1.54, 1.807) is 30.5 Å². The van der Waals surface area contributed by atoms with Crippen molar-refractivity contribution in [3.05, 3.63) is 48.0 Å². The molecule has 1 aromatic heterocycles. The molecule has 5 nitrogen and oxygen atoms in total. The van der Waals surface area contributed by atoms with Gasteiger partial charge < -0.3 is 14.6 Å². The fourth-order valence-corrected chi connectivity index (χ4v) is 1.86. The van der Waals surface area contributed by atoms with E-state index >= 15 is 0 Å². The third-order valence-electron chi connectivity index (χ3n) is 2.77. The van der Waals surface area contributed by atoms with E-state index in [4.69, 9.17) is 9.47 Å². The zero-order chi connectivity index (χ0) is 12.4. The van der Waals surface area contributed by atoms with Crippen molar-refractivity contribution in [2.24, 2.45) is 0 Å². The highest BCUT2D eigenvalue weighted by atomic mass is 16.6. The highest BCUT2D eigenvalue weighted by Crippen LogP contribution is 2.33. The van der Waals surface area contributed by atoms with Gasteiger partial charge in [0.05, 0.1) is 5.69 Å². The first kappa shape index (κ1) is 11.0. The molecule has 1 aliphatic heterocycles. The Morgan fingerprint density at radius 3 is 2.72 bits per heavy atom. The van der Waals surface area contributed by atoms with Crippen molar-refractivity contribution in [3.63, 3.8) is 0 Å². The minimum Gasteiger partial charge on any atom is -0.486 e. The predicted molar refractivity (Wildman–Crippen MR) is 63.5 cm³/mol. The maximum absolute atomic E-state index is 10.2. The smallest absolute Gasteiger partial charge is 0.161 e. The van der Waals surface area contributed by atoms with E-state index in [1.165, 1.54) is 6.33 Å². The van der Waals surface area contributed by atoms with Crippen molar-refractivity contribution in [3.8, 4) is 11.5 Å². The second-order valence-corrected chi connectivity index (χ2v) is 3.94. The maximum Gasteiger partial charge on any atom is 0.161 e. The van der Waals surface area contributed by atoms with Gasteiger partial charge in [-0.25, -0.2) is 9.97 Å². The first-order valence-electron chi connectivity index (χ1n) is 5.68. The molecule has 0 fully saturated rings. The monoisotopic (exact) mass is 244 g/mol. The van der Waals surface area contributed by atoms with E-state index in [-0.39, 0.29) is 0 Å². The largest absolute Gasteiger partial charge is 0.486 e. The van der Waals surface area contributed by atoms with E-state index in [1.807, 2.05) is 0 Å². The molecule has 0 radical (unpaired) electrons. The molecule has 0 amide bonds. The summed E-state index contributed by atoms with van der Waals surface area (Å²) in [7, 11) is 0. The van der Waals surface area contributed by atoms with Gasteiger partial charge in [-0.3, -0.25) is 0 Å². The molecule has 3 rings (SSSR count). The number of aromatic nitrogens is 2. The number of ether oxygens (including phenoxy) is 2. The van der Waals surface area contributed by atoms with E-state index in [0.717, 1.165) is 5.56 Å². The number of nitrogens with zero attached hydrogens (tertiary/aromatic N) is 2. The van der Waals surface area contributed by atoms with Gasteiger partial charge in [-0.1, -0.05) is 6.07 Å². The van der Waals surface area contributed by atoms with Crippen LogP contribution in [0.5, 0.6) is 11.5 Å². The van der Waals surface area contributed by atoms with Crippen molar-refractivity contribution < 1.29 is 14.6 Å². The van der Waals surface area contributed by atoms with Gasteiger partial charge in [0.1, 0.15) is 25.6 Å². The Morgan fingerprint density at radius 1 is 1.11 bits per heavy atom. The fourth-order valence-electron chi connectivity index (χ4n) is 1.86. The van der Waals surface area contributed by atoms with Gasteiger partial charge in [0, 0.05) is 6.20 Å². The average molecular weight is 244 g/mol. The van der Waals surface area contributed by atoms with Crippen LogP contribution in [0.25, 0.3) is 0 Å². The lowest BCUT2D eigenvalue weighted by atomic mass is 10.1. The Hall–Kier alpha value is -2.14. The van der Waals surface area contributed by atoms with Crippen LogP contribution in [-0.2, 0) is 0 Å². The van der Waals surface area contributed by atoms with Crippen LogP contribution in [-0.4, -0.2) is 28.3 Å². The molecule has 0 saturated heterocycles. The molecule has 0 aliphatic carbocycles. The lowest BCUT2D eigenvalue weighted by Crippen LogP contribution is -2.15. The zero-order valence-corrected chi connectivity index (χ0v) is 9.61. The number of aliphatic hydroxyl groups excluding tert-OH is 1. The fraction of sp³-hybridized carbons (Fsp3) is 0.231. The number of fused-ring (bicyclic) bond motifs is 1. The van der Waals surface area contributed by atoms with Gasteiger partial charge in [-0.2, -0.15) is 0 Å². The quantitative estimate of drug-likeness (QED) is 0.863. The second kappa shape index (κ2) is 4.62. The SMILES string of the molecule is OC(c1ccc2c(c1)OCCO2)c1ccncn1. The van der Waals surface area contributed by atoms with E-state index in [0.29, 0.717) is 30.4 Å². The van der Waals surface area contributed by atoms with Crippen LogP contribution in [0.15, 0.2) is 36.8 Å². The van der Waals surface area contributed by atoms with E-state index < -0.39 is 6.10 Å². The molecule has 0 bridgehead atoms. The minimum atomic E-state index is -0.788. The van der Waals surface area contributed by atoms with Gasteiger partial charge in [-0.15, -0.1) is 0 Å². The molecular formula is C13H12N2O3. The van der Waals surface area contributed by atoms with Gasteiger partial charge >= 0.3 is 0 Å². The van der Waals surface area contributed by atoms with Crippen molar-refractivity contribution >= 4 is 0 Å². The lowest BCUT2D eigenvalue weighted by Gasteiger charge is -2.20. The van der Waals surface area contributed by atoms with Crippen molar-refractivity contribution in [1.82, 2.24) is 9.97 Å². The standard InChI is InChI=1S/C13H12N2O3/c16-13(10-3-4-14-8-15-10)9-1-2-11-12(7-9)18-6-5-17-11/h1-4,7-8,13,16H,5-6H2. The summed E-state index contributed by atoms with van der Waals surface area (Å²) in [6, 6.07) is 7.07. The molecule has 1 unspecified atom stereocenters. The second-order valence-electron chi connectivity index (χ2n) is 3.94. The Morgan fingerprint density at radius 2 is 1.94 bits per heavy atom. The van der Waals surface area contributed by atoms with Crippen molar-refractivity contribution in [2.75, 3.05) is 13.2 Å². The third-order valence-corrected chi connectivity index (χ3v) is 2.77. The first-order valence-corrected chi connectivity index (χ1v) is 5.68. The summed E-state index contributed by atoms with van der Waals surface area (Å²) in [6.07, 6.45) is 2.23. The highest BCUT2D eigenvalue weighted by molar-refractivity contribution is 5.45. The maximum atomic E-state index is 10.2. The van der Waals surface area contributed by atoms with Gasteiger partial charge in [0.25, 0.3) is 0 Å². The number of benzene rings is 1. The van der Waals surface area contributed by atoms with Crippen molar-refractivity contribution in [2.45, 2.75) is 6.10 Å². The van der Waals surface area contributed by atoms with Crippen LogP contribution < -0.4 is 9.47 Å². The van der Waals surface area contributed by atoms with Gasteiger partial charge in [0.2, 0.25) is 0 Å². The summed E-state index contributed by atoms with van der Waals surface area (Å²) >= 11 is 0. The average Bonchev–Trinajstić information content (AvgIpc) is 2.47. The summed E-state index contributed by atoms with van der Waals surface area (Å²) < 4.78 is 10.9. The molecule has 0 saturated carbocycles. The van der Waals surface area contributed by atoms with E-state index in [2.05, 4.69) is 9.97 Å². The normalized spacial score (nSPS) is 15.2. The molecule has 92 valence electrons. The molecule has 0 spiro atoms. The lowest BCUT2D eigenvalue weighted by molar-refractivity contribution is 0.169. The molecule has 1 N–H and O–H groups in total. The van der Waals surface area contributed by atoms with E-state index in [9.17, 15) is 5.11 Å². The third kappa shape index (κ3) is 2.00. The minimum absolute atomic E-state index is 0.528. The highest BCUT2D eigenvalue weighted by Gasteiger charge is 2.17. The summed E-state index contributed by atoms with van der Waals surface area (Å²) in [4.78, 5) is 7.86. The summed E-state index contributed by atoms with van der Waals surface area (Å²) in [5.74, 6) is 1.37. The van der Waals surface area contributed by atoms with Crippen LogP contribution in [0.2, 0.25) is 0 Å². The Labute approximate surface area is 104 Å². The predicted octanol–water partition coefficient (Wildman–Crippen LogP) is 1.33. The van der Waals surface area contributed by atoms with Crippen LogP contribution in [0, 0.1) is 0 Å². The Balaban J connectivity index is 1.93. The first-order chi connectivity index (χ1) is 8.84. The number of hydrogen-bond acceptors (Lipinski definition) is 5. The van der Waals surface area contributed by atoms with Gasteiger partial charge in [0.15, 0.2) is 11.5 Å². The molecule has 1 aromatic carbocycles.